The molecule has 2 aromatic carbocycles. The summed E-state index contributed by atoms with van der Waals surface area (Å²) >= 11 is 3.27. The molecule has 0 atom stereocenters. The van der Waals surface area contributed by atoms with Crippen molar-refractivity contribution in [2.45, 2.75) is 23.7 Å². The lowest BCUT2D eigenvalue weighted by Gasteiger charge is -2.08. The van der Waals surface area contributed by atoms with Gasteiger partial charge in [0.2, 0.25) is 0 Å². The molecule has 27 heavy (non-hydrogen) atoms. The highest BCUT2D eigenvalue weighted by Gasteiger charge is 2.11. The number of thiazole rings is 1. The van der Waals surface area contributed by atoms with E-state index in [0.29, 0.717) is 25.6 Å². The van der Waals surface area contributed by atoms with Crippen molar-refractivity contribution in [2.24, 2.45) is 0 Å². The van der Waals surface area contributed by atoms with Gasteiger partial charge in [-0.05, 0) is 42.5 Å². The smallest absolute Gasteiger partial charge is 0.162 e. The molecule has 0 spiro atoms. The normalized spacial score (nSPS) is 13.2. The van der Waals surface area contributed by atoms with Crippen molar-refractivity contribution in [1.29, 1.82) is 0 Å². The van der Waals surface area contributed by atoms with E-state index >= 15 is 0 Å². The van der Waals surface area contributed by atoms with Crippen LogP contribution in [-0.2, 0) is 12.4 Å². The molecular weight excluding hydrogens is 385 g/mol. The molecule has 140 valence electrons. The zero-order valence-corrected chi connectivity index (χ0v) is 16.2. The van der Waals surface area contributed by atoms with Crippen LogP contribution in [0, 0.1) is 5.82 Å². The Balaban J connectivity index is 1.31. The summed E-state index contributed by atoms with van der Waals surface area (Å²) in [6.45, 7) is 1.76. The molecule has 0 unspecified atom stereocenters. The van der Waals surface area contributed by atoms with Crippen LogP contribution in [0.1, 0.15) is 17.1 Å². The molecule has 1 aliphatic heterocycles. The van der Waals surface area contributed by atoms with Gasteiger partial charge in [0.15, 0.2) is 11.5 Å². The minimum Gasteiger partial charge on any atom is -0.490 e. The average molecular weight is 404 g/mol. The minimum atomic E-state index is -0.273. The van der Waals surface area contributed by atoms with Gasteiger partial charge < -0.3 is 14.2 Å². The lowest BCUT2D eigenvalue weighted by molar-refractivity contribution is 0.297. The van der Waals surface area contributed by atoms with Gasteiger partial charge in [0, 0.05) is 22.4 Å². The summed E-state index contributed by atoms with van der Waals surface area (Å²) in [5.41, 5.74) is 1.01. The van der Waals surface area contributed by atoms with E-state index in [2.05, 4.69) is 4.98 Å². The van der Waals surface area contributed by atoms with E-state index < -0.39 is 0 Å². The van der Waals surface area contributed by atoms with E-state index in [-0.39, 0.29) is 5.82 Å². The predicted octanol–water partition coefficient (Wildman–Crippen LogP) is 5.31. The molecule has 0 fully saturated rings. The van der Waals surface area contributed by atoms with Crippen molar-refractivity contribution < 1.29 is 18.6 Å². The number of hydrogen-bond donors (Lipinski definition) is 0. The number of thioether (sulfide) groups is 1. The third kappa shape index (κ3) is 4.93. The standard InChI is InChI=1S/C20H18FNO3S2/c21-14-2-4-16(5-3-14)25-11-20-22-15(13-27-20)12-26-17-6-7-18-19(10-17)24-9-1-8-23-18/h2-7,10,13H,1,8-9,11-12H2. The second kappa shape index (κ2) is 8.63. The van der Waals surface area contributed by atoms with E-state index in [1.165, 1.54) is 12.1 Å². The summed E-state index contributed by atoms with van der Waals surface area (Å²) in [5.74, 6) is 2.75. The second-order valence-electron chi connectivity index (χ2n) is 5.92. The Morgan fingerprint density at radius 3 is 2.74 bits per heavy atom. The number of hydrogen-bond acceptors (Lipinski definition) is 6. The fraction of sp³-hybridized carbons (Fsp3) is 0.250. The van der Waals surface area contributed by atoms with Gasteiger partial charge in [0.1, 0.15) is 23.2 Å². The van der Waals surface area contributed by atoms with Gasteiger partial charge in [0.05, 0.1) is 18.9 Å². The number of aromatic nitrogens is 1. The topological polar surface area (TPSA) is 40.6 Å². The van der Waals surface area contributed by atoms with Gasteiger partial charge >= 0.3 is 0 Å². The van der Waals surface area contributed by atoms with Crippen LogP contribution >= 0.6 is 23.1 Å². The number of halogens is 1. The van der Waals surface area contributed by atoms with Gasteiger partial charge in [-0.25, -0.2) is 9.37 Å². The zero-order chi connectivity index (χ0) is 18.5. The maximum absolute atomic E-state index is 12.9. The summed E-state index contributed by atoms with van der Waals surface area (Å²) in [5, 5.41) is 2.94. The molecule has 0 saturated heterocycles. The van der Waals surface area contributed by atoms with Crippen LogP contribution < -0.4 is 14.2 Å². The van der Waals surface area contributed by atoms with Crippen molar-refractivity contribution in [2.75, 3.05) is 13.2 Å². The van der Waals surface area contributed by atoms with Gasteiger partial charge in [-0.1, -0.05) is 0 Å². The molecule has 0 saturated carbocycles. The summed E-state index contributed by atoms with van der Waals surface area (Å²) in [4.78, 5) is 5.72. The number of rotatable bonds is 6. The van der Waals surface area contributed by atoms with Crippen LogP contribution in [0.25, 0.3) is 0 Å². The number of nitrogens with zero attached hydrogens (tertiary/aromatic N) is 1. The Morgan fingerprint density at radius 2 is 1.89 bits per heavy atom. The van der Waals surface area contributed by atoms with Gasteiger partial charge in [0.25, 0.3) is 0 Å². The zero-order valence-electron chi connectivity index (χ0n) is 14.5. The van der Waals surface area contributed by atoms with Crippen LogP contribution in [0.2, 0.25) is 0 Å². The number of ether oxygens (including phenoxy) is 3. The maximum Gasteiger partial charge on any atom is 0.162 e. The Labute approximate surface area is 165 Å². The van der Waals surface area contributed by atoms with Crippen LogP contribution in [-0.4, -0.2) is 18.2 Å². The van der Waals surface area contributed by atoms with E-state index in [1.807, 2.05) is 23.6 Å². The highest BCUT2D eigenvalue weighted by molar-refractivity contribution is 7.98. The van der Waals surface area contributed by atoms with Crippen molar-refractivity contribution >= 4 is 23.1 Å². The Kier molecular flexibility index (Phi) is 5.79. The lowest BCUT2D eigenvalue weighted by Crippen LogP contribution is -1.97. The third-order valence-electron chi connectivity index (χ3n) is 3.88. The van der Waals surface area contributed by atoms with Crippen molar-refractivity contribution in [3.63, 3.8) is 0 Å². The van der Waals surface area contributed by atoms with Crippen molar-refractivity contribution in [3.8, 4) is 17.2 Å². The third-order valence-corrected chi connectivity index (χ3v) is 5.78. The molecule has 1 aromatic heterocycles. The van der Waals surface area contributed by atoms with E-state index in [9.17, 15) is 4.39 Å². The Hall–Kier alpha value is -2.25. The van der Waals surface area contributed by atoms with E-state index in [1.54, 1.807) is 35.2 Å². The number of benzene rings is 2. The Bertz CT molecular complexity index is 898. The lowest BCUT2D eigenvalue weighted by atomic mass is 10.3. The largest absolute Gasteiger partial charge is 0.490 e. The predicted molar refractivity (Wildman–Crippen MR) is 104 cm³/mol. The quantitative estimate of drug-likeness (QED) is 0.521. The molecule has 0 N–H and O–H groups in total. The summed E-state index contributed by atoms with van der Waals surface area (Å²) < 4.78 is 29.9. The molecule has 4 rings (SSSR count). The van der Waals surface area contributed by atoms with E-state index in [4.69, 9.17) is 14.2 Å². The van der Waals surface area contributed by atoms with Crippen molar-refractivity contribution in [1.82, 2.24) is 4.98 Å². The highest BCUT2D eigenvalue weighted by atomic mass is 32.2. The molecule has 0 aliphatic carbocycles. The molecule has 4 nitrogen and oxygen atoms in total. The first-order valence-electron chi connectivity index (χ1n) is 8.60. The first-order chi connectivity index (χ1) is 13.3. The van der Waals surface area contributed by atoms with Crippen LogP contribution in [0.4, 0.5) is 4.39 Å². The second-order valence-corrected chi connectivity index (χ2v) is 7.91. The molecule has 0 radical (unpaired) electrons. The first-order valence-corrected chi connectivity index (χ1v) is 10.5. The molecule has 2 heterocycles. The Morgan fingerprint density at radius 1 is 1.07 bits per heavy atom. The molecule has 0 bridgehead atoms. The summed E-state index contributed by atoms with van der Waals surface area (Å²) in [6.07, 6.45) is 0.902. The van der Waals surface area contributed by atoms with E-state index in [0.717, 1.165) is 39.3 Å². The minimum absolute atomic E-state index is 0.273. The van der Waals surface area contributed by atoms with Crippen LogP contribution in [0.15, 0.2) is 52.7 Å². The summed E-state index contributed by atoms with van der Waals surface area (Å²) in [6, 6.07) is 12.0. The van der Waals surface area contributed by atoms with Crippen molar-refractivity contribution in [3.05, 3.63) is 64.4 Å². The molecule has 0 amide bonds. The highest BCUT2D eigenvalue weighted by Crippen LogP contribution is 2.35. The molecular formula is C20H18FNO3S2. The van der Waals surface area contributed by atoms with Crippen LogP contribution in [0.5, 0.6) is 17.2 Å². The maximum atomic E-state index is 12.9. The monoisotopic (exact) mass is 403 g/mol. The molecule has 3 aromatic rings. The molecule has 1 aliphatic rings. The number of fused-ring (bicyclic) bond motifs is 1. The fourth-order valence-electron chi connectivity index (χ4n) is 2.55. The SMILES string of the molecule is Fc1ccc(OCc2nc(CSc3ccc4c(c3)OCCCO4)cs2)cc1. The van der Waals surface area contributed by atoms with Gasteiger partial charge in [-0.3, -0.25) is 0 Å². The first kappa shape index (κ1) is 18.1. The average Bonchev–Trinajstić information content (AvgIpc) is 3.01. The van der Waals surface area contributed by atoms with Gasteiger partial charge in [-0.15, -0.1) is 23.1 Å². The molecule has 7 heteroatoms. The fourth-order valence-corrected chi connectivity index (χ4v) is 4.18. The summed E-state index contributed by atoms with van der Waals surface area (Å²) in [7, 11) is 0. The van der Waals surface area contributed by atoms with Gasteiger partial charge in [-0.2, -0.15) is 0 Å². The van der Waals surface area contributed by atoms with Crippen LogP contribution in [0.3, 0.4) is 0 Å².